The summed E-state index contributed by atoms with van der Waals surface area (Å²) in [6, 6.07) is 0.258. The van der Waals surface area contributed by atoms with Gasteiger partial charge in [0.25, 0.3) is 0 Å². The third-order valence-corrected chi connectivity index (χ3v) is 3.24. The molecule has 0 heterocycles. The molecule has 2 N–H and O–H groups in total. The largest absolute Gasteiger partial charge is 0.444 e. The van der Waals surface area contributed by atoms with Gasteiger partial charge in [-0.25, -0.2) is 4.79 Å². The molecule has 20 heavy (non-hydrogen) atoms. The molecule has 0 aromatic rings. The molecule has 0 bridgehead atoms. The molecule has 0 aliphatic heterocycles. The molecule has 1 aliphatic carbocycles. The molecule has 0 radical (unpaired) electrons. The van der Waals surface area contributed by atoms with E-state index in [4.69, 9.17) is 4.74 Å². The van der Waals surface area contributed by atoms with Crippen molar-refractivity contribution in [2.75, 3.05) is 0 Å². The Balaban J connectivity index is 2.37. The molecule has 1 saturated carbocycles. The Hall–Kier alpha value is -1.26. The molecule has 1 rings (SSSR count). The van der Waals surface area contributed by atoms with Gasteiger partial charge in [0.1, 0.15) is 5.60 Å². The van der Waals surface area contributed by atoms with Gasteiger partial charge < -0.3 is 15.4 Å². The van der Waals surface area contributed by atoms with E-state index in [1.807, 2.05) is 27.7 Å². The minimum Gasteiger partial charge on any atom is -0.444 e. The van der Waals surface area contributed by atoms with Crippen molar-refractivity contribution in [1.82, 2.24) is 10.6 Å². The molecule has 1 aliphatic rings. The summed E-state index contributed by atoms with van der Waals surface area (Å²) in [5.74, 6) is 0.107. The number of hydrogen-bond donors (Lipinski definition) is 2. The summed E-state index contributed by atoms with van der Waals surface area (Å²) in [6.07, 6.45) is 4.79. The Morgan fingerprint density at radius 1 is 1.15 bits per heavy atom. The molecule has 5 nitrogen and oxygen atoms in total. The average Bonchev–Trinajstić information content (AvgIpc) is 2.26. The van der Waals surface area contributed by atoms with Crippen LogP contribution in [-0.2, 0) is 9.53 Å². The van der Waals surface area contributed by atoms with E-state index in [9.17, 15) is 9.59 Å². The van der Waals surface area contributed by atoms with Crippen molar-refractivity contribution < 1.29 is 14.3 Å². The predicted molar refractivity (Wildman–Crippen MR) is 78.5 cm³/mol. The van der Waals surface area contributed by atoms with Crippen molar-refractivity contribution in [1.29, 1.82) is 0 Å². The Morgan fingerprint density at radius 2 is 1.75 bits per heavy atom. The van der Waals surface area contributed by atoms with Gasteiger partial charge in [0.15, 0.2) is 0 Å². The van der Waals surface area contributed by atoms with E-state index in [1.165, 1.54) is 0 Å². The van der Waals surface area contributed by atoms with Crippen LogP contribution in [0.4, 0.5) is 4.79 Å². The van der Waals surface area contributed by atoms with Crippen molar-refractivity contribution in [3.05, 3.63) is 0 Å². The lowest BCUT2D eigenvalue weighted by Gasteiger charge is -2.31. The first-order valence-electron chi connectivity index (χ1n) is 7.59. The molecule has 2 amide bonds. The zero-order valence-corrected chi connectivity index (χ0v) is 13.1. The van der Waals surface area contributed by atoms with Crippen LogP contribution in [0.3, 0.4) is 0 Å². The van der Waals surface area contributed by atoms with Crippen LogP contribution in [0.15, 0.2) is 0 Å². The van der Waals surface area contributed by atoms with Gasteiger partial charge in [-0.2, -0.15) is 0 Å². The van der Waals surface area contributed by atoms with Gasteiger partial charge in [-0.3, -0.25) is 4.79 Å². The zero-order valence-electron chi connectivity index (χ0n) is 13.1. The quantitative estimate of drug-likeness (QED) is 0.834. The average molecular weight is 284 g/mol. The van der Waals surface area contributed by atoms with E-state index in [0.717, 1.165) is 32.1 Å². The van der Waals surface area contributed by atoms with Crippen LogP contribution in [0.25, 0.3) is 0 Å². The summed E-state index contributed by atoms with van der Waals surface area (Å²) in [5, 5.41) is 5.94. The number of carbonyl (C=O) groups excluding carboxylic acids is 2. The molecular weight excluding hydrogens is 256 g/mol. The summed E-state index contributed by atoms with van der Waals surface area (Å²) in [5.41, 5.74) is -0.479. The summed E-state index contributed by atoms with van der Waals surface area (Å²) in [7, 11) is 0. The third kappa shape index (κ3) is 6.78. The number of ether oxygens (including phenoxy) is 1. The second-order valence-electron chi connectivity index (χ2n) is 6.52. The summed E-state index contributed by atoms with van der Waals surface area (Å²) in [6.45, 7) is 7.54. The van der Waals surface area contributed by atoms with Crippen LogP contribution in [0.2, 0.25) is 0 Å². The Kier molecular flexibility index (Phi) is 6.30. The molecule has 0 spiro atoms. The van der Waals surface area contributed by atoms with Crippen LogP contribution in [0, 0.1) is 0 Å². The second kappa shape index (κ2) is 7.50. The Bertz CT molecular complexity index is 337. The molecule has 0 unspecified atom stereocenters. The molecule has 116 valence electrons. The molecular formula is C15H28N2O3. The summed E-state index contributed by atoms with van der Waals surface area (Å²) < 4.78 is 5.26. The highest BCUT2D eigenvalue weighted by Gasteiger charge is 2.26. The SMILES string of the molecule is CCCC(=O)N[C@@H]1CCC[C@@H](NC(=O)OC(C)(C)C)C1. The van der Waals surface area contributed by atoms with Gasteiger partial charge in [0.05, 0.1) is 0 Å². The Morgan fingerprint density at radius 3 is 2.30 bits per heavy atom. The number of carbonyl (C=O) groups is 2. The van der Waals surface area contributed by atoms with Crippen molar-refractivity contribution >= 4 is 12.0 Å². The van der Waals surface area contributed by atoms with Gasteiger partial charge >= 0.3 is 6.09 Å². The van der Waals surface area contributed by atoms with Gasteiger partial charge in [0.2, 0.25) is 5.91 Å². The molecule has 0 aromatic carbocycles. The lowest BCUT2D eigenvalue weighted by Crippen LogP contribution is -2.46. The summed E-state index contributed by atoms with van der Waals surface area (Å²) >= 11 is 0. The van der Waals surface area contributed by atoms with Crippen LogP contribution in [0.1, 0.15) is 66.2 Å². The molecule has 1 fully saturated rings. The minimum absolute atomic E-state index is 0.0885. The monoisotopic (exact) mass is 284 g/mol. The summed E-state index contributed by atoms with van der Waals surface area (Å²) in [4.78, 5) is 23.3. The molecule has 5 heteroatoms. The zero-order chi connectivity index (χ0) is 15.2. The maximum absolute atomic E-state index is 11.7. The lowest BCUT2D eigenvalue weighted by molar-refractivity contribution is -0.122. The van der Waals surface area contributed by atoms with Crippen LogP contribution in [0.5, 0.6) is 0 Å². The van der Waals surface area contributed by atoms with Crippen molar-refractivity contribution in [2.45, 2.75) is 83.9 Å². The standard InChI is InChI=1S/C15H28N2O3/c1-5-7-13(18)16-11-8-6-9-12(10-11)17-14(19)20-15(2,3)4/h11-12H,5-10H2,1-4H3,(H,16,18)(H,17,19)/t11-,12-/m1/s1. The van der Waals surface area contributed by atoms with E-state index >= 15 is 0 Å². The topological polar surface area (TPSA) is 67.4 Å². The fraction of sp³-hybridized carbons (Fsp3) is 0.867. The van der Waals surface area contributed by atoms with Crippen molar-refractivity contribution in [3.8, 4) is 0 Å². The van der Waals surface area contributed by atoms with E-state index < -0.39 is 5.60 Å². The van der Waals surface area contributed by atoms with E-state index in [0.29, 0.717) is 6.42 Å². The number of alkyl carbamates (subject to hydrolysis) is 1. The van der Waals surface area contributed by atoms with Crippen LogP contribution >= 0.6 is 0 Å². The van der Waals surface area contributed by atoms with E-state index in [-0.39, 0.29) is 24.1 Å². The van der Waals surface area contributed by atoms with Crippen molar-refractivity contribution in [2.24, 2.45) is 0 Å². The molecule has 0 saturated heterocycles. The van der Waals surface area contributed by atoms with Gasteiger partial charge in [-0.1, -0.05) is 6.92 Å². The van der Waals surface area contributed by atoms with Crippen molar-refractivity contribution in [3.63, 3.8) is 0 Å². The smallest absolute Gasteiger partial charge is 0.407 e. The van der Waals surface area contributed by atoms with Gasteiger partial charge in [-0.15, -0.1) is 0 Å². The molecule has 0 aromatic heterocycles. The number of rotatable bonds is 4. The highest BCUT2D eigenvalue weighted by Crippen LogP contribution is 2.19. The minimum atomic E-state index is -0.479. The normalized spacial score (nSPS) is 23.0. The third-order valence-electron chi connectivity index (χ3n) is 3.24. The first kappa shape index (κ1) is 16.8. The predicted octanol–water partition coefficient (Wildman–Crippen LogP) is 2.74. The lowest BCUT2D eigenvalue weighted by atomic mass is 9.91. The molecule has 2 atom stereocenters. The van der Waals surface area contributed by atoms with Gasteiger partial charge in [0, 0.05) is 18.5 Å². The maximum Gasteiger partial charge on any atom is 0.407 e. The fourth-order valence-electron chi connectivity index (χ4n) is 2.45. The Labute approximate surface area is 121 Å². The van der Waals surface area contributed by atoms with E-state index in [2.05, 4.69) is 10.6 Å². The van der Waals surface area contributed by atoms with E-state index in [1.54, 1.807) is 0 Å². The van der Waals surface area contributed by atoms with Crippen LogP contribution in [-0.4, -0.2) is 29.7 Å². The highest BCUT2D eigenvalue weighted by atomic mass is 16.6. The fourth-order valence-corrected chi connectivity index (χ4v) is 2.45. The number of amides is 2. The highest BCUT2D eigenvalue weighted by molar-refractivity contribution is 5.76. The first-order valence-corrected chi connectivity index (χ1v) is 7.59. The number of hydrogen-bond acceptors (Lipinski definition) is 3. The first-order chi connectivity index (χ1) is 9.30. The second-order valence-corrected chi connectivity index (χ2v) is 6.52. The van der Waals surface area contributed by atoms with Gasteiger partial charge in [-0.05, 0) is 52.9 Å². The van der Waals surface area contributed by atoms with Crippen LogP contribution < -0.4 is 10.6 Å². The number of nitrogens with one attached hydrogen (secondary N) is 2. The maximum atomic E-state index is 11.7.